The van der Waals surface area contributed by atoms with Gasteiger partial charge in [-0.05, 0) is 25.5 Å². The SMILES string of the molecule is Cc1cc(C(F)(F)F)nc2sc(C(N)=O)c(NC(=O)C(C)n3nc(C(F)F)c(Cl)c3C(F)F)c12. The molecule has 1 atom stereocenters. The predicted octanol–water partition coefficient (Wildman–Crippen LogP) is 5.65. The van der Waals surface area contributed by atoms with Crippen molar-refractivity contribution >= 4 is 50.7 Å². The summed E-state index contributed by atoms with van der Waals surface area (Å²) in [5.41, 5.74) is 1.45. The number of aromatic nitrogens is 3. The Morgan fingerprint density at radius 2 is 1.82 bits per heavy atom. The fourth-order valence-electron chi connectivity index (χ4n) is 3.14. The Balaban J connectivity index is 2.09. The van der Waals surface area contributed by atoms with Crippen molar-refractivity contribution in [2.24, 2.45) is 5.73 Å². The Bertz CT molecular complexity index is 1290. The molecule has 34 heavy (non-hydrogen) atoms. The van der Waals surface area contributed by atoms with Gasteiger partial charge in [-0.3, -0.25) is 9.59 Å². The number of fused-ring (bicyclic) bond motifs is 1. The van der Waals surface area contributed by atoms with Crippen molar-refractivity contribution < 1.29 is 40.3 Å². The molecule has 0 aromatic carbocycles. The van der Waals surface area contributed by atoms with Crippen LogP contribution in [0.15, 0.2) is 6.07 Å². The summed E-state index contributed by atoms with van der Waals surface area (Å²) < 4.78 is 92.7. The molecule has 2 amide bonds. The fourth-order valence-corrected chi connectivity index (χ4v) is 4.48. The molecule has 0 fully saturated rings. The maximum atomic E-state index is 13.4. The third kappa shape index (κ3) is 4.53. The highest BCUT2D eigenvalue weighted by molar-refractivity contribution is 7.21. The van der Waals surface area contributed by atoms with E-state index < -0.39 is 59.0 Å². The van der Waals surface area contributed by atoms with Gasteiger partial charge in [-0.15, -0.1) is 11.3 Å². The number of hydrogen-bond donors (Lipinski definition) is 2. The minimum absolute atomic E-state index is 0.0144. The van der Waals surface area contributed by atoms with Crippen molar-refractivity contribution in [1.29, 1.82) is 0 Å². The summed E-state index contributed by atoms with van der Waals surface area (Å²) in [6.07, 6.45) is -11.5. The lowest BCUT2D eigenvalue weighted by atomic mass is 10.1. The summed E-state index contributed by atoms with van der Waals surface area (Å²) in [7, 11) is 0. The number of nitrogens with one attached hydrogen (secondary N) is 1. The number of rotatable bonds is 6. The minimum atomic E-state index is -4.79. The molecule has 3 aromatic rings. The van der Waals surface area contributed by atoms with Crippen molar-refractivity contribution in [3.63, 3.8) is 0 Å². The number of nitrogens with zero attached hydrogens (tertiary/aromatic N) is 3. The second-order valence-electron chi connectivity index (χ2n) is 6.97. The molecule has 0 spiro atoms. The molecular weight excluding hydrogens is 519 g/mol. The Kier molecular flexibility index (Phi) is 6.81. The Morgan fingerprint density at radius 1 is 1.21 bits per heavy atom. The van der Waals surface area contributed by atoms with Gasteiger partial charge in [-0.25, -0.2) is 27.2 Å². The third-order valence-corrected chi connectivity index (χ3v) is 6.18. The summed E-state index contributed by atoms with van der Waals surface area (Å²) >= 11 is 6.07. The highest BCUT2D eigenvalue weighted by Crippen LogP contribution is 2.41. The van der Waals surface area contributed by atoms with Crippen LogP contribution in [0.25, 0.3) is 10.2 Å². The lowest BCUT2D eigenvalue weighted by Gasteiger charge is -2.16. The van der Waals surface area contributed by atoms with Gasteiger partial charge in [0.05, 0.1) is 10.7 Å². The number of carbonyl (C=O) groups excluding carboxylic acids is 2. The molecule has 16 heteroatoms. The number of anilines is 1. The van der Waals surface area contributed by atoms with E-state index in [1.165, 1.54) is 6.92 Å². The van der Waals surface area contributed by atoms with Gasteiger partial charge in [-0.1, -0.05) is 11.6 Å². The topological polar surface area (TPSA) is 103 Å². The second kappa shape index (κ2) is 9.02. The molecule has 0 aliphatic heterocycles. The van der Waals surface area contributed by atoms with Crippen LogP contribution >= 0.6 is 22.9 Å². The molecule has 184 valence electrons. The van der Waals surface area contributed by atoms with Gasteiger partial charge < -0.3 is 11.1 Å². The number of pyridine rings is 1. The van der Waals surface area contributed by atoms with E-state index in [2.05, 4.69) is 15.4 Å². The van der Waals surface area contributed by atoms with Gasteiger partial charge in [0.25, 0.3) is 18.8 Å². The highest BCUT2D eigenvalue weighted by atomic mass is 35.5. The number of nitrogens with two attached hydrogens (primary N) is 1. The first-order valence-electron chi connectivity index (χ1n) is 9.11. The highest BCUT2D eigenvalue weighted by Gasteiger charge is 2.35. The summed E-state index contributed by atoms with van der Waals surface area (Å²) in [5.74, 6) is -2.21. The molecular formula is C18H13ClF7N5O2S. The maximum Gasteiger partial charge on any atom is 0.433 e. The van der Waals surface area contributed by atoms with Crippen LogP contribution in [0.5, 0.6) is 0 Å². The average Bonchev–Trinajstić information content (AvgIpc) is 3.25. The molecule has 0 aliphatic rings. The second-order valence-corrected chi connectivity index (χ2v) is 8.35. The molecule has 3 heterocycles. The zero-order valence-corrected chi connectivity index (χ0v) is 18.5. The van der Waals surface area contributed by atoms with E-state index in [0.29, 0.717) is 22.1 Å². The Hall–Kier alpha value is -2.94. The fraction of sp³-hybridized carbons (Fsp3) is 0.333. The van der Waals surface area contributed by atoms with Crippen LogP contribution in [-0.4, -0.2) is 26.6 Å². The van der Waals surface area contributed by atoms with Crippen LogP contribution in [0.2, 0.25) is 5.02 Å². The Morgan fingerprint density at radius 3 is 2.32 bits per heavy atom. The average molecular weight is 532 g/mol. The summed E-state index contributed by atoms with van der Waals surface area (Å²) in [4.78, 5) is 27.6. The van der Waals surface area contributed by atoms with E-state index in [1.807, 2.05) is 0 Å². The first kappa shape index (κ1) is 25.7. The predicted molar refractivity (Wildman–Crippen MR) is 108 cm³/mol. The van der Waals surface area contributed by atoms with E-state index in [9.17, 15) is 40.3 Å². The molecule has 3 N–H and O–H groups in total. The number of amides is 2. The number of primary amides is 1. The third-order valence-electron chi connectivity index (χ3n) is 4.69. The molecule has 0 radical (unpaired) electrons. The van der Waals surface area contributed by atoms with E-state index in [4.69, 9.17) is 17.3 Å². The number of alkyl halides is 7. The van der Waals surface area contributed by atoms with Crippen LogP contribution in [0.3, 0.4) is 0 Å². The monoisotopic (exact) mass is 531 g/mol. The lowest BCUT2D eigenvalue weighted by Crippen LogP contribution is -2.27. The molecule has 0 saturated carbocycles. The minimum Gasteiger partial charge on any atom is -0.365 e. The molecule has 0 bridgehead atoms. The zero-order valence-electron chi connectivity index (χ0n) is 17.0. The van der Waals surface area contributed by atoms with Gasteiger partial charge in [0.15, 0.2) is 0 Å². The number of carbonyl (C=O) groups is 2. The van der Waals surface area contributed by atoms with Gasteiger partial charge in [-0.2, -0.15) is 18.3 Å². The van der Waals surface area contributed by atoms with Crippen molar-refractivity contribution in [2.75, 3.05) is 5.32 Å². The normalized spacial score (nSPS) is 13.2. The molecule has 0 aliphatic carbocycles. The molecule has 7 nitrogen and oxygen atoms in total. The molecule has 1 unspecified atom stereocenters. The summed E-state index contributed by atoms with van der Waals surface area (Å²) in [6, 6.07) is -0.955. The van der Waals surface area contributed by atoms with Gasteiger partial charge in [0.1, 0.15) is 32.8 Å². The van der Waals surface area contributed by atoms with Gasteiger partial charge in [0, 0.05) is 5.39 Å². The zero-order chi connectivity index (χ0) is 25.7. The first-order valence-corrected chi connectivity index (χ1v) is 10.3. The number of thiophene rings is 1. The summed E-state index contributed by atoms with van der Waals surface area (Å²) in [5, 5.41) is 4.53. The molecule has 3 rings (SSSR count). The number of hydrogen-bond acceptors (Lipinski definition) is 5. The van der Waals surface area contributed by atoms with E-state index in [0.717, 1.165) is 6.92 Å². The van der Waals surface area contributed by atoms with Crippen molar-refractivity contribution in [3.8, 4) is 0 Å². The molecule has 3 aromatic heterocycles. The lowest BCUT2D eigenvalue weighted by molar-refractivity contribution is -0.141. The van der Waals surface area contributed by atoms with Crippen LogP contribution in [-0.2, 0) is 11.0 Å². The van der Waals surface area contributed by atoms with E-state index in [1.54, 1.807) is 0 Å². The van der Waals surface area contributed by atoms with E-state index >= 15 is 0 Å². The number of halogens is 8. The summed E-state index contributed by atoms with van der Waals surface area (Å²) in [6.45, 7) is 2.32. The largest absolute Gasteiger partial charge is 0.433 e. The van der Waals surface area contributed by atoms with Crippen LogP contribution in [0.4, 0.5) is 36.4 Å². The number of aryl methyl sites for hydroxylation is 1. The van der Waals surface area contributed by atoms with E-state index in [-0.39, 0.29) is 26.3 Å². The standard InChI is InChI=1S/C18H13ClF7N5O2S/c1-4-3-6(18(24,25)26)28-17-7(4)9(12(34-17)15(27)32)29-16(33)5(2)31-11(14(22)23)8(19)10(30-31)13(20)21/h3,5,13-14H,1-2H3,(H2,27,32)(H,29,33). The van der Waals surface area contributed by atoms with Gasteiger partial charge >= 0.3 is 6.18 Å². The van der Waals surface area contributed by atoms with Crippen LogP contribution < -0.4 is 11.1 Å². The smallest absolute Gasteiger partial charge is 0.365 e. The Labute approximate surface area is 194 Å². The van der Waals surface area contributed by atoms with Crippen molar-refractivity contribution in [3.05, 3.63) is 38.6 Å². The maximum absolute atomic E-state index is 13.4. The first-order chi connectivity index (χ1) is 15.6. The van der Waals surface area contributed by atoms with Gasteiger partial charge in [0.2, 0.25) is 5.91 Å². The van der Waals surface area contributed by atoms with Crippen LogP contribution in [0.1, 0.15) is 58.1 Å². The molecule has 0 saturated heterocycles. The van der Waals surface area contributed by atoms with Crippen molar-refractivity contribution in [2.45, 2.75) is 38.9 Å². The quantitative estimate of drug-likeness (QED) is 0.401. The van der Waals surface area contributed by atoms with Crippen molar-refractivity contribution in [1.82, 2.24) is 14.8 Å². The van der Waals surface area contributed by atoms with Crippen LogP contribution in [0, 0.1) is 6.92 Å².